The van der Waals surface area contributed by atoms with Crippen LogP contribution in [0.2, 0.25) is 0 Å². The van der Waals surface area contributed by atoms with Crippen LogP contribution in [0, 0.1) is 19.7 Å². The van der Waals surface area contributed by atoms with Crippen LogP contribution in [0.3, 0.4) is 0 Å². The van der Waals surface area contributed by atoms with Crippen LogP contribution in [0.1, 0.15) is 30.3 Å². The highest BCUT2D eigenvalue weighted by molar-refractivity contribution is 7.99. The molecule has 1 atom stereocenters. The van der Waals surface area contributed by atoms with Gasteiger partial charge >= 0.3 is 0 Å². The highest BCUT2D eigenvalue weighted by Crippen LogP contribution is 2.29. The largest absolute Gasteiger partial charge is 0.327 e. The molecule has 5 heteroatoms. The second kappa shape index (κ2) is 7.00. The second-order valence-electron chi connectivity index (χ2n) is 5.16. The summed E-state index contributed by atoms with van der Waals surface area (Å²) in [5.74, 6) is -0.237. The lowest BCUT2D eigenvalue weighted by molar-refractivity contribution is 0.609. The molecule has 0 spiro atoms. The maximum atomic E-state index is 13.5. The Balaban J connectivity index is 2.30. The molecule has 0 amide bonds. The zero-order chi connectivity index (χ0) is 15.4. The lowest BCUT2D eigenvalue weighted by Gasteiger charge is -2.13. The standard InChI is InChI=1S/C16H20FN3S/c1-4-14(18)9-12-8-13(17)5-6-15(12)21-16-19-10(2)7-11(3)20-16/h5-8,14H,4,9,18H2,1-3H3. The van der Waals surface area contributed by atoms with Gasteiger partial charge in [0.25, 0.3) is 0 Å². The number of nitrogens with zero attached hydrogens (tertiary/aromatic N) is 2. The molecule has 0 saturated carbocycles. The zero-order valence-corrected chi connectivity index (χ0v) is 13.4. The van der Waals surface area contributed by atoms with E-state index >= 15 is 0 Å². The van der Waals surface area contributed by atoms with Gasteiger partial charge in [-0.2, -0.15) is 0 Å². The van der Waals surface area contributed by atoms with E-state index in [4.69, 9.17) is 5.73 Å². The Kier molecular flexibility index (Phi) is 5.31. The molecule has 1 unspecified atom stereocenters. The molecular weight excluding hydrogens is 285 g/mol. The van der Waals surface area contributed by atoms with Crippen molar-refractivity contribution in [1.29, 1.82) is 0 Å². The van der Waals surface area contributed by atoms with Crippen molar-refractivity contribution in [1.82, 2.24) is 9.97 Å². The van der Waals surface area contributed by atoms with Gasteiger partial charge in [-0.05, 0) is 68.3 Å². The number of hydrogen-bond acceptors (Lipinski definition) is 4. The van der Waals surface area contributed by atoms with Gasteiger partial charge in [0, 0.05) is 22.3 Å². The lowest BCUT2D eigenvalue weighted by atomic mass is 10.0. The van der Waals surface area contributed by atoms with Gasteiger partial charge in [0.1, 0.15) is 5.82 Å². The van der Waals surface area contributed by atoms with Crippen LogP contribution in [-0.2, 0) is 6.42 Å². The van der Waals surface area contributed by atoms with Crippen molar-refractivity contribution in [3.05, 3.63) is 47.0 Å². The second-order valence-corrected chi connectivity index (χ2v) is 6.17. The first kappa shape index (κ1) is 15.9. The van der Waals surface area contributed by atoms with Crippen molar-refractivity contribution in [2.45, 2.75) is 49.7 Å². The predicted molar refractivity (Wildman–Crippen MR) is 84.0 cm³/mol. The van der Waals surface area contributed by atoms with Crippen LogP contribution >= 0.6 is 11.8 Å². The van der Waals surface area contributed by atoms with Crippen LogP contribution in [0.15, 0.2) is 34.3 Å². The first-order chi connectivity index (χ1) is 9.97. The summed E-state index contributed by atoms with van der Waals surface area (Å²) < 4.78 is 13.5. The summed E-state index contributed by atoms with van der Waals surface area (Å²) in [6.07, 6.45) is 1.52. The van der Waals surface area contributed by atoms with Crippen molar-refractivity contribution >= 4 is 11.8 Å². The number of benzene rings is 1. The molecular formula is C16H20FN3S. The van der Waals surface area contributed by atoms with E-state index in [9.17, 15) is 4.39 Å². The molecule has 1 aromatic heterocycles. The van der Waals surface area contributed by atoms with Gasteiger partial charge in [-0.1, -0.05) is 6.92 Å². The fourth-order valence-electron chi connectivity index (χ4n) is 2.07. The number of aromatic nitrogens is 2. The molecule has 0 aliphatic carbocycles. The minimum Gasteiger partial charge on any atom is -0.327 e. The molecule has 0 aliphatic heterocycles. The molecule has 112 valence electrons. The van der Waals surface area contributed by atoms with Crippen molar-refractivity contribution in [3.8, 4) is 0 Å². The average molecular weight is 305 g/mol. The van der Waals surface area contributed by atoms with E-state index in [1.54, 1.807) is 12.1 Å². The van der Waals surface area contributed by atoms with Gasteiger partial charge in [0.2, 0.25) is 0 Å². The van der Waals surface area contributed by atoms with E-state index in [-0.39, 0.29) is 11.9 Å². The fourth-order valence-corrected chi connectivity index (χ4v) is 3.06. The van der Waals surface area contributed by atoms with Crippen molar-refractivity contribution in [2.24, 2.45) is 5.73 Å². The Morgan fingerprint density at radius 3 is 2.48 bits per heavy atom. The van der Waals surface area contributed by atoms with Crippen molar-refractivity contribution in [3.63, 3.8) is 0 Å². The Bertz CT molecular complexity index is 611. The maximum absolute atomic E-state index is 13.5. The van der Waals surface area contributed by atoms with Crippen LogP contribution < -0.4 is 5.73 Å². The van der Waals surface area contributed by atoms with Crippen molar-refractivity contribution < 1.29 is 4.39 Å². The zero-order valence-electron chi connectivity index (χ0n) is 12.6. The predicted octanol–water partition coefficient (Wildman–Crippen LogP) is 3.66. The highest BCUT2D eigenvalue weighted by Gasteiger charge is 2.11. The molecule has 2 N–H and O–H groups in total. The molecule has 2 rings (SSSR count). The summed E-state index contributed by atoms with van der Waals surface area (Å²) in [4.78, 5) is 9.80. The van der Waals surface area contributed by atoms with Crippen LogP contribution in [0.25, 0.3) is 0 Å². The SMILES string of the molecule is CCC(N)Cc1cc(F)ccc1Sc1nc(C)cc(C)n1. The smallest absolute Gasteiger partial charge is 0.192 e. The molecule has 21 heavy (non-hydrogen) atoms. The lowest BCUT2D eigenvalue weighted by Crippen LogP contribution is -2.21. The average Bonchev–Trinajstić information content (AvgIpc) is 2.40. The van der Waals surface area contributed by atoms with Crippen LogP contribution in [0.5, 0.6) is 0 Å². The Morgan fingerprint density at radius 2 is 1.86 bits per heavy atom. The van der Waals surface area contributed by atoms with Gasteiger partial charge in [0.05, 0.1) is 0 Å². The topological polar surface area (TPSA) is 51.8 Å². The molecule has 1 heterocycles. The van der Waals surface area contributed by atoms with E-state index in [0.29, 0.717) is 11.6 Å². The quantitative estimate of drug-likeness (QED) is 0.856. The summed E-state index contributed by atoms with van der Waals surface area (Å²) in [6, 6.07) is 6.76. The molecule has 0 fully saturated rings. The molecule has 3 nitrogen and oxygen atoms in total. The van der Waals surface area contributed by atoms with Gasteiger partial charge < -0.3 is 5.73 Å². The van der Waals surface area contributed by atoms with E-state index in [1.807, 2.05) is 26.8 Å². The summed E-state index contributed by atoms with van der Waals surface area (Å²) >= 11 is 1.46. The maximum Gasteiger partial charge on any atom is 0.192 e. The number of nitrogens with two attached hydrogens (primary N) is 1. The third-order valence-electron chi connectivity index (χ3n) is 3.19. The Hall–Kier alpha value is -1.46. The minimum absolute atomic E-state index is 0.0336. The van der Waals surface area contributed by atoms with Crippen LogP contribution in [0.4, 0.5) is 4.39 Å². The molecule has 0 bridgehead atoms. The summed E-state index contributed by atoms with van der Waals surface area (Å²) in [7, 11) is 0. The van der Waals surface area contributed by atoms with Crippen LogP contribution in [-0.4, -0.2) is 16.0 Å². The van der Waals surface area contributed by atoms with E-state index in [1.165, 1.54) is 17.8 Å². The number of rotatable bonds is 5. The first-order valence-electron chi connectivity index (χ1n) is 7.02. The minimum atomic E-state index is -0.237. The van der Waals surface area contributed by atoms with Crippen molar-refractivity contribution in [2.75, 3.05) is 0 Å². The van der Waals surface area contributed by atoms with E-state index < -0.39 is 0 Å². The number of hydrogen-bond donors (Lipinski definition) is 1. The van der Waals surface area contributed by atoms with Gasteiger partial charge in [-0.3, -0.25) is 0 Å². The Labute approximate surface area is 129 Å². The molecule has 2 aromatic rings. The Morgan fingerprint density at radius 1 is 1.19 bits per heavy atom. The normalized spacial score (nSPS) is 12.4. The third-order valence-corrected chi connectivity index (χ3v) is 4.18. The highest BCUT2D eigenvalue weighted by atomic mass is 32.2. The molecule has 0 aliphatic rings. The number of aryl methyl sites for hydroxylation is 2. The van der Waals surface area contributed by atoms with Gasteiger partial charge in [-0.25, -0.2) is 14.4 Å². The molecule has 0 radical (unpaired) electrons. The first-order valence-corrected chi connectivity index (χ1v) is 7.83. The van der Waals surface area contributed by atoms with Gasteiger partial charge in [0.15, 0.2) is 5.16 Å². The van der Waals surface area contributed by atoms with Gasteiger partial charge in [-0.15, -0.1) is 0 Å². The summed E-state index contributed by atoms with van der Waals surface area (Å²) in [5.41, 5.74) is 8.78. The fraction of sp³-hybridized carbons (Fsp3) is 0.375. The number of halogens is 1. The molecule has 1 aromatic carbocycles. The molecule has 0 saturated heterocycles. The monoisotopic (exact) mass is 305 g/mol. The summed E-state index contributed by atoms with van der Waals surface area (Å²) in [5, 5.41) is 0.686. The third kappa shape index (κ3) is 4.51. The summed E-state index contributed by atoms with van der Waals surface area (Å²) in [6.45, 7) is 5.92. The van der Waals surface area contributed by atoms with E-state index in [2.05, 4.69) is 9.97 Å². The van der Waals surface area contributed by atoms with E-state index in [0.717, 1.165) is 28.3 Å².